The Hall–Kier alpha value is -1.94. The van der Waals surface area contributed by atoms with Crippen LogP contribution in [-0.2, 0) is 0 Å². The first-order chi connectivity index (χ1) is 9.47. The van der Waals surface area contributed by atoms with Crippen LogP contribution in [0.3, 0.4) is 0 Å². The number of aromatic hydroxyl groups is 2. The lowest BCUT2D eigenvalue weighted by molar-refractivity contribution is 0.102. The fourth-order valence-corrected chi connectivity index (χ4v) is 2.66. The molecule has 0 heterocycles. The Kier molecular flexibility index (Phi) is 4.35. The van der Waals surface area contributed by atoms with Gasteiger partial charge in [-0.25, -0.2) is 0 Å². The maximum atomic E-state index is 12.0. The Labute approximate surface area is 122 Å². The Morgan fingerprint density at radius 3 is 2.45 bits per heavy atom. The van der Waals surface area contributed by atoms with E-state index in [1.165, 1.54) is 41.1 Å². The lowest BCUT2D eigenvalue weighted by Crippen LogP contribution is -2.02. The van der Waals surface area contributed by atoms with E-state index in [9.17, 15) is 15.0 Å². The molecule has 3 nitrogen and oxygen atoms in total. The summed E-state index contributed by atoms with van der Waals surface area (Å²) in [7, 11) is 0. The summed E-state index contributed by atoms with van der Waals surface area (Å²) in [5, 5.41) is 18.9. The standard InChI is InChI=1S/C16H16O3S/c1-10-3-5-13(7-11(10)2)20-9-16(19)14-6-4-12(17)8-15(14)18/h3-8,17-18H,9H2,1-2H3. The lowest BCUT2D eigenvalue weighted by Gasteiger charge is -2.06. The Morgan fingerprint density at radius 2 is 1.80 bits per heavy atom. The molecule has 20 heavy (non-hydrogen) atoms. The number of thioether (sulfide) groups is 1. The van der Waals surface area contributed by atoms with Crippen molar-refractivity contribution < 1.29 is 15.0 Å². The van der Waals surface area contributed by atoms with Gasteiger partial charge in [-0.3, -0.25) is 4.79 Å². The van der Waals surface area contributed by atoms with Crippen molar-refractivity contribution in [1.29, 1.82) is 0 Å². The van der Waals surface area contributed by atoms with Crippen molar-refractivity contribution in [3.63, 3.8) is 0 Å². The highest BCUT2D eigenvalue weighted by Crippen LogP contribution is 2.26. The molecule has 0 saturated heterocycles. The smallest absolute Gasteiger partial charge is 0.176 e. The number of phenols is 2. The molecular weight excluding hydrogens is 272 g/mol. The second-order valence-corrected chi connectivity index (χ2v) is 5.71. The first-order valence-electron chi connectivity index (χ1n) is 6.22. The van der Waals surface area contributed by atoms with Crippen molar-refractivity contribution in [1.82, 2.24) is 0 Å². The van der Waals surface area contributed by atoms with Gasteiger partial charge in [0.1, 0.15) is 11.5 Å². The summed E-state index contributed by atoms with van der Waals surface area (Å²) in [6.07, 6.45) is 0. The van der Waals surface area contributed by atoms with Crippen molar-refractivity contribution in [2.45, 2.75) is 18.7 Å². The van der Waals surface area contributed by atoms with Crippen LogP contribution in [-0.4, -0.2) is 21.7 Å². The minimum absolute atomic E-state index is 0.0548. The van der Waals surface area contributed by atoms with Crippen LogP contribution in [0.5, 0.6) is 11.5 Å². The Balaban J connectivity index is 2.06. The van der Waals surface area contributed by atoms with Crippen LogP contribution in [0.2, 0.25) is 0 Å². The monoisotopic (exact) mass is 288 g/mol. The second-order valence-electron chi connectivity index (χ2n) is 4.66. The molecule has 0 amide bonds. The molecule has 4 heteroatoms. The van der Waals surface area contributed by atoms with Gasteiger partial charge in [0.15, 0.2) is 5.78 Å². The third-order valence-corrected chi connectivity index (χ3v) is 4.12. The van der Waals surface area contributed by atoms with Gasteiger partial charge in [-0.15, -0.1) is 11.8 Å². The zero-order chi connectivity index (χ0) is 14.7. The molecule has 2 N–H and O–H groups in total. The van der Waals surface area contributed by atoms with E-state index in [2.05, 4.69) is 0 Å². The lowest BCUT2D eigenvalue weighted by atomic mass is 10.1. The van der Waals surface area contributed by atoms with Crippen LogP contribution in [0.4, 0.5) is 0 Å². The number of ketones is 1. The molecule has 2 rings (SSSR count). The zero-order valence-electron chi connectivity index (χ0n) is 11.4. The molecular formula is C16H16O3S. The number of aryl methyl sites for hydroxylation is 2. The van der Waals surface area contributed by atoms with Crippen molar-refractivity contribution in [3.8, 4) is 11.5 Å². The minimum atomic E-state index is -0.185. The second kappa shape index (κ2) is 6.01. The van der Waals surface area contributed by atoms with E-state index in [0.29, 0.717) is 0 Å². The molecule has 0 aromatic heterocycles. The van der Waals surface area contributed by atoms with Crippen LogP contribution in [0, 0.1) is 13.8 Å². The average Bonchev–Trinajstić information content (AvgIpc) is 2.40. The fourth-order valence-electron chi connectivity index (χ4n) is 1.79. The number of hydrogen-bond acceptors (Lipinski definition) is 4. The summed E-state index contributed by atoms with van der Waals surface area (Å²) in [6.45, 7) is 4.08. The van der Waals surface area contributed by atoms with Crippen LogP contribution < -0.4 is 0 Å². The van der Waals surface area contributed by atoms with Gasteiger partial charge in [0.2, 0.25) is 0 Å². The van der Waals surface area contributed by atoms with Crippen molar-refractivity contribution in [2.24, 2.45) is 0 Å². The topological polar surface area (TPSA) is 57.5 Å². The zero-order valence-corrected chi connectivity index (χ0v) is 12.2. The van der Waals surface area contributed by atoms with Crippen LogP contribution >= 0.6 is 11.8 Å². The molecule has 0 aliphatic heterocycles. The summed E-state index contributed by atoms with van der Waals surface area (Å²) >= 11 is 1.44. The van der Waals surface area contributed by atoms with Gasteiger partial charge >= 0.3 is 0 Å². The van der Waals surface area contributed by atoms with E-state index >= 15 is 0 Å². The van der Waals surface area contributed by atoms with E-state index in [0.717, 1.165) is 4.90 Å². The van der Waals surface area contributed by atoms with E-state index < -0.39 is 0 Å². The van der Waals surface area contributed by atoms with E-state index in [1.807, 2.05) is 32.0 Å². The molecule has 0 aliphatic rings. The van der Waals surface area contributed by atoms with Gasteiger partial charge in [-0.2, -0.15) is 0 Å². The quantitative estimate of drug-likeness (QED) is 0.665. The van der Waals surface area contributed by atoms with Crippen LogP contribution in [0.15, 0.2) is 41.3 Å². The molecule has 0 saturated carbocycles. The average molecular weight is 288 g/mol. The molecule has 0 atom stereocenters. The predicted octanol–water partition coefficient (Wildman–Crippen LogP) is 3.69. The van der Waals surface area contributed by atoms with E-state index in [-0.39, 0.29) is 28.6 Å². The Bertz CT molecular complexity index is 650. The van der Waals surface area contributed by atoms with Crippen molar-refractivity contribution >= 4 is 17.5 Å². The number of hydrogen-bond donors (Lipinski definition) is 2. The summed E-state index contributed by atoms with van der Waals surface area (Å²) in [4.78, 5) is 13.1. The van der Waals surface area contributed by atoms with E-state index in [1.54, 1.807) is 0 Å². The minimum Gasteiger partial charge on any atom is -0.508 e. The summed E-state index contributed by atoms with van der Waals surface area (Å²) in [6, 6.07) is 10.1. The summed E-state index contributed by atoms with van der Waals surface area (Å²) in [5.74, 6) is -0.150. The highest BCUT2D eigenvalue weighted by atomic mass is 32.2. The molecule has 2 aromatic rings. The fraction of sp³-hybridized carbons (Fsp3) is 0.188. The molecule has 0 aliphatic carbocycles. The highest BCUT2D eigenvalue weighted by molar-refractivity contribution is 8.00. The maximum absolute atomic E-state index is 12.0. The van der Waals surface area contributed by atoms with Gasteiger partial charge in [0.25, 0.3) is 0 Å². The first-order valence-corrected chi connectivity index (χ1v) is 7.21. The maximum Gasteiger partial charge on any atom is 0.176 e. The van der Waals surface area contributed by atoms with Gasteiger partial charge in [-0.1, -0.05) is 6.07 Å². The Morgan fingerprint density at radius 1 is 1.05 bits per heavy atom. The molecule has 0 spiro atoms. The van der Waals surface area contributed by atoms with Gasteiger partial charge in [-0.05, 0) is 49.2 Å². The van der Waals surface area contributed by atoms with Crippen molar-refractivity contribution in [2.75, 3.05) is 5.75 Å². The number of rotatable bonds is 4. The normalized spacial score (nSPS) is 10.5. The number of carbonyl (C=O) groups excluding carboxylic acids is 1. The van der Waals surface area contributed by atoms with Gasteiger partial charge in [0, 0.05) is 11.0 Å². The third-order valence-electron chi connectivity index (χ3n) is 3.13. The molecule has 104 valence electrons. The predicted molar refractivity (Wildman–Crippen MR) is 80.7 cm³/mol. The van der Waals surface area contributed by atoms with Crippen LogP contribution in [0.1, 0.15) is 21.5 Å². The molecule has 0 radical (unpaired) electrons. The van der Waals surface area contributed by atoms with Crippen molar-refractivity contribution in [3.05, 3.63) is 53.1 Å². The number of Topliss-reactive ketones (excluding diaryl/α,β-unsaturated/α-hetero) is 1. The van der Waals surface area contributed by atoms with Crippen LogP contribution in [0.25, 0.3) is 0 Å². The number of carbonyl (C=O) groups is 1. The molecule has 0 fully saturated rings. The number of phenolic OH excluding ortho intramolecular Hbond substituents is 2. The highest BCUT2D eigenvalue weighted by Gasteiger charge is 2.12. The summed E-state index contributed by atoms with van der Waals surface area (Å²) < 4.78 is 0. The largest absolute Gasteiger partial charge is 0.508 e. The summed E-state index contributed by atoms with van der Waals surface area (Å²) in [5.41, 5.74) is 2.64. The first kappa shape index (κ1) is 14.5. The molecule has 0 bridgehead atoms. The SMILES string of the molecule is Cc1ccc(SCC(=O)c2ccc(O)cc2O)cc1C. The van der Waals surface area contributed by atoms with Gasteiger partial charge < -0.3 is 10.2 Å². The van der Waals surface area contributed by atoms with E-state index in [4.69, 9.17) is 0 Å². The third kappa shape index (κ3) is 3.33. The number of benzene rings is 2. The van der Waals surface area contributed by atoms with Gasteiger partial charge in [0.05, 0.1) is 11.3 Å². The molecule has 2 aromatic carbocycles. The molecule has 0 unspecified atom stereocenters.